The summed E-state index contributed by atoms with van der Waals surface area (Å²) < 4.78 is 0. The molecule has 14 nitrogen and oxygen atoms in total. The lowest BCUT2D eigenvalue weighted by Crippen LogP contribution is -2.73. The van der Waals surface area contributed by atoms with Gasteiger partial charge in [0.2, 0.25) is 0 Å². The van der Waals surface area contributed by atoms with Crippen molar-refractivity contribution >= 4 is 35.3 Å². The Bertz CT molecular complexity index is 2240. The van der Waals surface area contributed by atoms with Crippen molar-refractivity contribution in [2.75, 3.05) is 43.4 Å². The molecule has 6 amide bonds. The van der Waals surface area contributed by atoms with Crippen molar-refractivity contribution in [3.8, 4) is 0 Å². The molecule has 0 aromatic heterocycles. The number of amides is 6. The van der Waals surface area contributed by atoms with E-state index in [9.17, 15) is 29.4 Å². The number of likely N-dealkylation sites (tertiary alicyclic amines) is 2. The fourth-order valence-corrected chi connectivity index (χ4v) is 9.65. The third kappa shape index (κ3) is 9.05. The number of hydrogen-bond donors (Lipinski definition) is 6. The largest absolute Gasteiger partial charge is 0.373 e. The Morgan fingerprint density at radius 3 is 1.52 bits per heavy atom. The summed E-state index contributed by atoms with van der Waals surface area (Å²) in [6, 6.07) is 28.1. The number of nitrogens with zero attached hydrogens (tertiary/aromatic N) is 4. The van der Waals surface area contributed by atoms with Crippen LogP contribution in [0.15, 0.2) is 97.1 Å². The number of nitrogens with two attached hydrogens (primary N) is 2. The maximum absolute atomic E-state index is 13.8. The van der Waals surface area contributed by atoms with Gasteiger partial charge in [-0.15, -0.1) is 0 Å². The number of hydrogen-bond acceptors (Lipinski definition) is 8. The maximum Gasteiger partial charge on any atom is 0.324 e. The minimum atomic E-state index is -1.71. The van der Waals surface area contributed by atoms with E-state index in [1.54, 1.807) is 48.5 Å². The van der Waals surface area contributed by atoms with Gasteiger partial charge in [0.05, 0.1) is 6.04 Å². The van der Waals surface area contributed by atoms with Crippen molar-refractivity contribution < 1.29 is 29.4 Å². The van der Waals surface area contributed by atoms with E-state index in [2.05, 4.69) is 34.9 Å². The Hall–Kier alpha value is -5.80. The fourth-order valence-electron chi connectivity index (χ4n) is 9.65. The summed E-state index contributed by atoms with van der Waals surface area (Å²) in [6.07, 6.45) is 3.41. The molecular formula is C48H58N8O6. The third-order valence-electron chi connectivity index (χ3n) is 13.4. The molecule has 3 saturated heterocycles. The molecule has 3 heterocycles. The topological polar surface area (TPSA) is 198 Å². The molecule has 8 rings (SSSR count). The van der Waals surface area contributed by atoms with Gasteiger partial charge in [-0.25, -0.2) is 9.59 Å². The number of rotatable bonds is 8. The highest BCUT2D eigenvalue weighted by Crippen LogP contribution is 2.42. The van der Waals surface area contributed by atoms with E-state index < -0.39 is 30.1 Å². The first kappa shape index (κ1) is 42.9. The van der Waals surface area contributed by atoms with Gasteiger partial charge in [0, 0.05) is 68.3 Å². The Balaban J connectivity index is 0.845. The number of aliphatic hydroxyl groups excluding tert-OH is 1. The number of urea groups is 2. The molecule has 3 atom stereocenters. The summed E-state index contributed by atoms with van der Waals surface area (Å²) in [5.41, 5.74) is 16.6. The van der Waals surface area contributed by atoms with E-state index in [4.69, 9.17) is 11.5 Å². The first-order chi connectivity index (χ1) is 30.0. The van der Waals surface area contributed by atoms with E-state index >= 15 is 0 Å². The highest BCUT2D eigenvalue weighted by Gasteiger charge is 2.57. The zero-order valence-electron chi connectivity index (χ0n) is 35.1. The van der Waals surface area contributed by atoms with Crippen LogP contribution in [0.5, 0.6) is 0 Å². The number of fused-ring (bicyclic) bond motifs is 1. The van der Waals surface area contributed by atoms with Crippen LogP contribution in [0, 0.1) is 0 Å². The second-order valence-electron chi connectivity index (χ2n) is 17.2. The monoisotopic (exact) mass is 842 g/mol. The van der Waals surface area contributed by atoms with Crippen LogP contribution in [0.2, 0.25) is 0 Å². The number of benzene rings is 4. The maximum atomic E-state index is 13.8. The number of aliphatic hydroxyl groups is 2. The smallest absolute Gasteiger partial charge is 0.324 e. The minimum absolute atomic E-state index is 0.0638. The van der Waals surface area contributed by atoms with E-state index in [1.165, 1.54) is 20.9 Å². The molecule has 4 aromatic rings. The quantitative estimate of drug-likeness (QED) is 0.125. The van der Waals surface area contributed by atoms with Gasteiger partial charge in [-0.2, -0.15) is 0 Å². The summed E-state index contributed by atoms with van der Waals surface area (Å²) in [6.45, 7) is 3.74. The average Bonchev–Trinajstić information content (AvgIpc) is 3.31. The molecule has 4 aliphatic rings. The van der Waals surface area contributed by atoms with Gasteiger partial charge in [-0.1, -0.05) is 48.5 Å². The van der Waals surface area contributed by atoms with Crippen LogP contribution in [0.1, 0.15) is 106 Å². The third-order valence-corrected chi connectivity index (χ3v) is 13.4. The van der Waals surface area contributed by atoms with Crippen LogP contribution in [0.3, 0.4) is 0 Å². The van der Waals surface area contributed by atoms with Crippen molar-refractivity contribution in [1.82, 2.24) is 19.6 Å². The summed E-state index contributed by atoms with van der Waals surface area (Å²) >= 11 is 0. The van der Waals surface area contributed by atoms with Crippen LogP contribution in [0.4, 0.5) is 21.0 Å². The average molecular weight is 843 g/mol. The van der Waals surface area contributed by atoms with Crippen LogP contribution < -0.4 is 22.1 Å². The molecule has 1 saturated carbocycles. The van der Waals surface area contributed by atoms with Gasteiger partial charge >= 0.3 is 12.1 Å². The predicted molar refractivity (Wildman–Crippen MR) is 237 cm³/mol. The van der Waals surface area contributed by atoms with E-state index in [0.717, 1.165) is 36.8 Å². The Morgan fingerprint density at radius 2 is 1.08 bits per heavy atom. The lowest BCUT2D eigenvalue weighted by molar-refractivity contribution is -0.212. The van der Waals surface area contributed by atoms with Gasteiger partial charge in [0.1, 0.15) is 6.23 Å². The van der Waals surface area contributed by atoms with Gasteiger partial charge in [-0.05, 0) is 134 Å². The molecule has 3 aliphatic heterocycles. The minimum Gasteiger partial charge on any atom is -0.373 e. The molecule has 14 heteroatoms. The van der Waals surface area contributed by atoms with Crippen LogP contribution in [-0.4, -0.2) is 104 Å². The number of nitrogens with one attached hydrogen (secondary N) is 2. The molecule has 326 valence electrons. The van der Waals surface area contributed by atoms with Crippen molar-refractivity contribution in [2.45, 2.75) is 94.3 Å². The number of piperidine rings is 2. The van der Waals surface area contributed by atoms with E-state index in [0.29, 0.717) is 86.4 Å². The second-order valence-corrected chi connectivity index (χ2v) is 17.2. The van der Waals surface area contributed by atoms with Gasteiger partial charge in [0.15, 0.2) is 5.72 Å². The van der Waals surface area contributed by atoms with Crippen molar-refractivity contribution in [3.63, 3.8) is 0 Å². The highest BCUT2D eigenvalue weighted by molar-refractivity contribution is 5.97. The summed E-state index contributed by atoms with van der Waals surface area (Å²) in [4.78, 5) is 60.8. The first-order valence-corrected chi connectivity index (χ1v) is 22.0. The second kappa shape index (κ2) is 18.7. The number of carbonyl (C=O) groups is 4. The molecule has 0 radical (unpaired) electrons. The van der Waals surface area contributed by atoms with Crippen molar-refractivity contribution in [3.05, 3.63) is 130 Å². The Labute approximate surface area is 362 Å². The molecular weight excluding hydrogens is 785 g/mol. The molecule has 0 spiro atoms. The van der Waals surface area contributed by atoms with Gasteiger partial charge in [0.25, 0.3) is 11.8 Å². The Morgan fingerprint density at radius 1 is 0.613 bits per heavy atom. The van der Waals surface area contributed by atoms with Crippen molar-refractivity contribution in [2.24, 2.45) is 11.5 Å². The molecule has 4 fully saturated rings. The number of anilines is 2. The fraction of sp³-hybridized carbons (Fsp3) is 0.417. The van der Waals surface area contributed by atoms with Crippen LogP contribution in [0.25, 0.3) is 0 Å². The van der Waals surface area contributed by atoms with Gasteiger partial charge < -0.3 is 42.1 Å². The summed E-state index contributed by atoms with van der Waals surface area (Å²) in [5.74, 6) is 0.615. The first-order valence-electron chi connectivity index (χ1n) is 22.0. The van der Waals surface area contributed by atoms with E-state index in [-0.39, 0.29) is 31.2 Å². The summed E-state index contributed by atoms with van der Waals surface area (Å²) in [7, 11) is 0. The lowest BCUT2D eigenvalue weighted by atomic mass is 9.78. The zero-order chi connectivity index (χ0) is 43.4. The van der Waals surface area contributed by atoms with E-state index in [1.807, 2.05) is 34.1 Å². The normalized spacial score (nSPS) is 22.2. The predicted octanol–water partition coefficient (Wildman–Crippen LogP) is 5.97. The molecule has 8 N–H and O–H groups in total. The zero-order valence-corrected chi connectivity index (χ0v) is 35.1. The molecule has 2 unspecified atom stereocenters. The summed E-state index contributed by atoms with van der Waals surface area (Å²) in [5, 5.41) is 28.9. The van der Waals surface area contributed by atoms with Gasteiger partial charge in [-0.3, -0.25) is 19.4 Å². The highest BCUT2D eigenvalue weighted by atomic mass is 16.3. The molecule has 62 heavy (non-hydrogen) atoms. The standard InChI is InChI=1S/C48H58N8O6/c49-30-32-4-1-6-38(28-32)34-18-24-53(25-19-34)44(58)36-9-13-40(14-10-36)51-46(60)55-23-3-8-43(57)56(42-17-22-48(42,55)62)47(61)52-41-15-11-37(12-16-41)45(59)54-26-20-35(21-27-54)39-7-2-5-33(29-39)31-50/h1-2,4-7,9-16,28-29,34-35,42-43,57,62H,3,8,17-27,30-31,49-50H2,(H,51,60)(H,52,61)/t42?,43-,48?/m0/s1. The van der Waals surface area contributed by atoms with Crippen LogP contribution >= 0.6 is 0 Å². The molecule has 1 aliphatic carbocycles. The van der Waals surface area contributed by atoms with Crippen molar-refractivity contribution in [1.29, 1.82) is 0 Å². The molecule has 4 aromatic carbocycles. The van der Waals surface area contributed by atoms with Crippen LogP contribution in [-0.2, 0) is 13.1 Å². The lowest BCUT2D eigenvalue weighted by Gasteiger charge is -2.57. The Kier molecular flexibility index (Phi) is 12.9. The molecule has 0 bridgehead atoms. The SMILES string of the molecule is NCc1cccc(C2CCN(C(=O)c3ccc(NC(=O)N4C5CCC5(O)N(C(=O)Nc5ccc(C(=O)N6CCC(c7cccc(CN)c7)CC6)cc5)CCC[C@@H]4O)cc3)CC2)c1. The number of carbonyl (C=O) groups excluding carboxylic acids is 4.